The maximum absolute atomic E-state index is 11.0. The van der Waals surface area contributed by atoms with Crippen molar-refractivity contribution in [3.8, 4) is 5.75 Å². The molecule has 1 aromatic rings. The van der Waals surface area contributed by atoms with Crippen molar-refractivity contribution in [2.24, 2.45) is 0 Å². The summed E-state index contributed by atoms with van der Waals surface area (Å²) in [5, 5.41) is 2.72. The molecule has 0 atom stereocenters. The van der Waals surface area contributed by atoms with Crippen molar-refractivity contribution in [1.29, 1.82) is 0 Å². The lowest BCUT2D eigenvalue weighted by molar-refractivity contribution is -0.114. The molecule has 0 aromatic heterocycles. The largest absolute Gasteiger partial charge is 0.491 e. The van der Waals surface area contributed by atoms with Crippen molar-refractivity contribution >= 4 is 11.6 Å². The molecule has 1 amide bonds. The highest BCUT2D eigenvalue weighted by atomic mass is 16.6. The Hall–Kier alpha value is -1.71. The Morgan fingerprint density at radius 1 is 0.553 bits per heavy atom. The van der Waals surface area contributed by atoms with E-state index in [1.807, 2.05) is 12.1 Å². The third kappa shape index (κ3) is 23.4. The summed E-state index contributed by atoms with van der Waals surface area (Å²) >= 11 is 0. The van der Waals surface area contributed by atoms with Gasteiger partial charge in [0.2, 0.25) is 5.91 Å². The van der Waals surface area contributed by atoms with Gasteiger partial charge in [0, 0.05) is 19.2 Å². The third-order valence-corrected chi connectivity index (χ3v) is 5.80. The summed E-state index contributed by atoms with van der Waals surface area (Å²) < 4.78 is 33.3. The number of ether oxygens (including phenoxy) is 6. The zero-order chi connectivity index (χ0) is 27.4. The van der Waals surface area contributed by atoms with Crippen LogP contribution in [0, 0.1) is 0 Å². The van der Waals surface area contributed by atoms with Crippen LogP contribution in [0.2, 0.25) is 0 Å². The van der Waals surface area contributed by atoms with Gasteiger partial charge >= 0.3 is 0 Å². The maximum atomic E-state index is 11.0. The monoisotopic (exact) mass is 539 g/mol. The molecule has 1 aromatic carbocycles. The zero-order valence-electron chi connectivity index (χ0n) is 24.0. The average Bonchev–Trinajstić information content (AvgIpc) is 2.91. The van der Waals surface area contributed by atoms with Crippen LogP contribution in [-0.4, -0.2) is 78.6 Å². The highest BCUT2D eigenvalue weighted by molar-refractivity contribution is 5.88. The molecule has 1 N–H and O–H groups in total. The standard InChI is InChI=1S/C30H53NO7/c1-3-4-5-6-7-8-9-10-11-12-17-33-18-19-34-20-21-35-22-23-36-24-25-37-26-27-38-30-15-13-29(14-16-30)31-28(2)32/h13-16H,3-12,17-27H2,1-2H3,(H,31,32). The molecule has 220 valence electrons. The number of hydrogen-bond acceptors (Lipinski definition) is 7. The lowest BCUT2D eigenvalue weighted by Crippen LogP contribution is -2.14. The molecular formula is C30H53NO7. The summed E-state index contributed by atoms with van der Waals surface area (Å²) in [6.45, 7) is 9.99. The van der Waals surface area contributed by atoms with Crippen LogP contribution in [0.3, 0.4) is 0 Å². The van der Waals surface area contributed by atoms with Gasteiger partial charge in [-0.1, -0.05) is 64.7 Å². The highest BCUT2D eigenvalue weighted by Crippen LogP contribution is 2.15. The van der Waals surface area contributed by atoms with E-state index in [4.69, 9.17) is 28.4 Å². The average molecular weight is 540 g/mol. The Kier molecular flexibility index (Phi) is 24.3. The summed E-state index contributed by atoms with van der Waals surface area (Å²) in [5.41, 5.74) is 0.745. The predicted molar refractivity (Wildman–Crippen MR) is 152 cm³/mol. The van der Waals surface area contributed by atoms with Gasteiger partial charge in [-0.2, -0.15) is 0 Å². The van der Waals surface area contributed by atoms with Gasteiger partial charge in [0.15, 0.2) is 0 Å². The van der Waals surface area contributed by atoms with Crippen molar-refractivity contribution in [3.05, 3.63) is 24.3 Å². The van der Waals surface area contributed by atoms with Crippen LogP contribution in [-0.2, 0) is 28.5 Å². The van der Waals surface area contributed by atoms with Crippen LogP contribution in [0.1, 0.15) is 78.1 Å². The molecule has 8 heteroatoms. The van der Waals surface area contributed by atoms with Crippen molar-refractivity contribution in [1.82, 2.24) is 0 Å². The van der Waals surface area contributed by atoms with E-state index in [1.54, 1.807) is 12.1 Å². The lowest BCUT2D eigenvalue weighted by atomic mass is 10.1. The van der Waals surface area contributed by atoms with E-state index < -0.39 is 0 Å². The van der Waals surface area contributed by atoms with Crippen molar-refractivity contribution in [2.75, 3.05) is 78.0 Å². The minimum absolute atomic E-state index is 0.0965. The number of carbonyl (C=O) groups is 1. The molecule has 0 spiro atoms. The topological polar surface area (TPSA) is 84.5 Å². The van der Waals surface area contributed by atoms with E-state index in [9.17, 15) is 4.79 Å². The number of carbonyl (C=O) groups excluding carboxylic acids is 1. The van der Waals surface area contributed by atoms with Gasteiger partial charge < -0.3 is 33.7 Å². The normalized spacial score (nSPS) is 11.1. The Morgan fingerprint density at radius 3 is 1.39 bits per heavy atom. The van der Waals surface area contributed by atoms with Gasteiger partial charge in [-0.3, -0.25) is 4.79 Å². The van der Waals surface area contributed by atoms with E-state index in [-0.39, 0.29) is 5.91 Å². The first-order valence-electron chi connectivity index (χ1n) is 14.6. The van der Waals surface area contributed by atoms with Gasteiger partial charge in [-0.15, -0.1) is 0 Å². The summed E-state index contributed by atoms with van der Waals surface area (Å²) in [7, 11) is 0. The van der Waals surface area contributed by atoms with E-state index in [0.717, 1.165) is 24.5 Å². The molecular weight excluding hydrogens is 486 g/mol. The fourth-order valence-corrected chi connectivity index (χ4v) is 3.73. The van der Waals surface area contributed by atoms with E-state index >= 15 is 0 Å². The summed E-state index contributed by atoms with van der Waals surface area (Å²) in [5.74, 6) is 0.637. The summed E-state index contributed by atoms with van der Waals surface area (Å²) in [6, 6.07) is 7.23. The van der Waals surface area contributed by atoms with Gasteiger partial charge in [0.1, 0.15) is 12.4 Å². The first kappa shape index (κ1) is 34.3. The molecule has 8 nitrogen and oxygen atoms in total. The van der Waals surface area contributed by atoms with Crippen LogP contribution >= 0.6 is 0 Å². The second-order valence-corrected chi connectivity index (χ2v) is 9.30. The van der Waals surface area contributed by atoms with Gasteiger partial charge in [0.05, 0.1) is 59.5 Å². The second kappa shape index (κ2) is 26.9. The molecule has 0 heterocycles. The second-order valence-electron chi connectivity index (χ2n) is 9.30. The molecule has 0 saturated carbocycles. The van der Waals surface area contributed by atoms with Gasteiger partial charge in [-0.25, -0.2) is 0 Å². The first-order valence-corrected chi connectivity index (χ1v) is 14.6. The fraction of sp³-hybridized carbons (Fsp3) is 0.767. The van der Waals surface area contributed by atoms with Crippen LogP contribution in [0.15, 0.2) is 24.3 Å². The Bertz CT molecular complexity index is 642. The highest BCUT2D eigenvalue weighted by Gasteiger charge is 1.98. The van der Waals surface area contributed by atoms with Crippen molar-refractivity contribution in [2.45, 2.75) is 78.1 Å². The summed E-state index contributed by atoms with van der Waals surface area (Å²) in [4.78, 5) is 11.0. The van der Waals surface area contributed by atoms with Gasteiger partial charge in [0.25, 0.3) is 0 Å². The number of benzene rings is 1. The van der Waals surface area contributed by atoms with E-state index in [2.05, 4.69) is 12.2 Å². The predicted octanol–water partition coefficient (Wildman–Crippen LogP) is 6.03. The molecule has 0 aliphatic heterocycles. The third-order valence-electron chi connectivity index (χ3n) is 5.80. The van der Waals surface area contributed by atoms with Crippen molar-refractivity contribution < 1.29 is 33.2 Å². The van der Waals surface area contributed by atoms with Crippen LogP contribution in [0.4, 0.5) is 5.69 Å². The van der Waals surface area contributed by atoms with Crippen LogP contribution < -0.4 is 10.1 Å². The Morgan fingerprint density at radius 2 is 0.947 bits per heavy atom. The number of anilines is 1. The smallest absolute Gasteiger partial charge is 0.221 e. The SMILES string of the molecule is CCCCCCCCCCCCOCCOCCOCCOCCOCCOc1ccc(NC(C)=O)cc1. The fourth-order valence-electron chi connectivity index (χ4n) is 3.73. The Balaban J connectivity index is 1.70. The van der Waals surface area contributed by atoms with Crippen molar-refractivity contribution in [3.63, 3.8) is 0 Å². The molecule has 0 unspecified atom stereocenters. The first-order chi connectivity index (χ1) is 18.7. The quantitative estimate of drug-likeness (QED) is 0.130. The minimum atomic E-state index is -0.0965. The molecule has 0 aliphatic rings. The number of amides is 1. The van der Waals surface area contributed by atoms with Crippen LogP contribution in [0.25, 0.3) is 0 Å². The number of unbranched alkanes of at least 4 members (excludes halogenated alkanes) is 9. The maximum Gasteiger partial charge on any atom is 0.221 e. The lowest BCUT2D eigenvalue weighted by Gasteiger charge is -2.09. The molecule has 0 saturated heterocycles. The molecule has 38 heavy (non-hydrogen) atoms. The van der Waals surface area contributed by atoms with E-state index in [1.165, 1.54) is 64.7 Å². The summed E-state index contributed by atoms with van der Waals surface area (Å²) in [6.07, 6.45) is 13.4. The molecule has 0 radical (unpaired) electrons. The number of rotatable bonds is 28. The number of hydrogen-bond donors (Lipinski definition) is 1. The molecule has 1 rings (SSSR count). The molecule has 0 aliphatic carbocycles. The van der Waals surface area contributed by atoms with E-state index in [0.29, 0.717) is 66.1 Å². The molecule has 0 bridgehead atoms. The van der Waals surface area contributed by atoms with Crippen LogP contribution in [0.5, 0.6) is 5.75 Å². The zero-order valence-corrected chi connectivity index (χ0v) is 24.0. The minimum Gasteiger partial charge on any atom is -0.491 e. The molecule has 0 fully saturated rings. The number of nitrogens with one attached hydrogen (secondary N) is 1. The Labute approximate surface area is 231 Å². The van der Waals surface area contributed by atoms with Gasteiger partial charge in [-0.05, 0) is 30.7 Å².